The fourth-order valence-electron chi connectivity index (χ4n) is 3.46. The van der Waals surface area contributed by atoms with Gasteiger partial charge in [-0.05, 0) is 49.4 Å². The summed E-state index contributed by atoms with van der Waals surface area (Å²) < 4.78 is 1.90. The molecule has 3 rings (SSSR count). The zero-order valence-corrected chi connectivity index (χ0v) is 13.8. The van der Waals surface area contributed by atoms with E-state index < -0.39 is 0 Å². The first-order valence-corrected chi connectivity index (χ1v) is 8.74. The predicted molar refractivity (Wildman–Crippen MR) is 94.3 cm³/mol. The molecule has 5 heteroatoms. The Hall–Kier alpha value is -2.04. The van der Waals surface area contributed by atoms with Crippen molar-refractivity contribution in [3.8, 4) is 0 Å². The van der Waals surface area contributed by atoms with Crippen molar-refractivity contribution in [2.75, 3.05) is 23.7 Å². The lowest BCUT2D eigenvalue weighted by Crippen LogP contribution is -2.32. The number of nitrogen functional groups attached to an aromatic ring is 1. The van der Waals surface area contributed by atoms with Gasteiger partial charge in [0.1, 0.15) is 12.7 Å². The fourth-order valence-corrected chi connectivity index (χ4v) is 3.46. The second kappa shape index (κ2) is 7.99. The van der Waals surface area contributed by atoms with E-state index >= 15 is 0 Å². The highest BCUT2D eigenvalue weighted by molar-refractivity contribution is 5.53. The van der Waals surface area contributed by atoms with Crippen LogP contribution in [-0.2, 0) is 6.54 Å². The molecule has 0 saturated heterocycles. The van der Waals surface area contributed by atoms with Gasteiger partial charge in [0, 0.05) is 31.0 Å². The molecule has 0 radical (unpaired) electrons. The molecule has 23 heavy (non-hydrogen) atoms. The van der Waals surface area contributed by atoms with Crippen molar-refractivity contribution < 1.29 is 0 Å². The summed E-state index contributed by atoms with van der Waals surface area (Å²) in [4.78, 5) is 6.53. The van der Waals surface area contributed by atoms with Crippen molar-refractivity contribution in [1.82, 2.24) is 14.8 Å². The molecule has 0 aliphatic heterocycles. The Bertz CT molecular complexity index is 558. The maximum absolute atomic E-state index is 5.84. The number of benzene rings is 1. The molecule has 124 valence electrons. The van der Waals surface area contributed by atoms with Gasteiger partial charge >= 0.3 is 0 Å². The summed E-state index contributed by atoms with van der Waals surface area (Å²) in [6.45, 7) is 3.11. The Morgan fingerprint density at radius 1 is 1.13 bits per heavy atom. The molecule has 1 aromatic heterocycles. The summed E-state index contributed by atoms with van der Waals surface area (Å²) in [6, 6.07) is 8.29. The topological polar surface area (TPSA) is 60.0 Å². The number of rotatable bonds is 7. The Labute approximate surface area is 138 Å². The molecular formula is C18H27N5. The summed E-state index contributed by atoms with van der Waals surface area (Å²) >= 11 is 0. The summed E-state index contributed by atoms with van der Waals surface area (Å²) in [7, 11) is 0. The third-order valence-corrected chi connectivity index (χ3v) is 4.74. The Morgan fingerprint density at radius 2 is 1.91 bits per heavy atom. The molecule has 0 unspecified atom stereocenters. The van der Waals surface area contributed by atoms with Crippen molar-refractivity contribution in [2.24, 2.45) is 5.92 Å². The summed E-state index contributed by atoms with van der Waals surface area (Å²) in [5, 5.41) is 4.18. The monoisotopic (exact) mass is 313 g/mol. The molecule has 1 saturated carbocycles. The Morgan fingerprint density at radius 3 is 2.61 bits per heavy atom. The normalized spacial score (nSPS) is 15.7. The molecule has 5 nitrogen and oxygen atoms in total. The van der Waals surface area contributed by atoms with Gasteiger partial charge in [0.2, 0.25) is 0 Å². The SMILES string of the molecule is Nc1ccc(N(CCCn2cncn2)CC2CCCCC2)cc1. The first-order valence-electron chi connectivity index (χ1n) is 8.74. The van der Waals surface area contributed by atoms with Crippen molar-refractivity contribution in [2.45, 2.75) is 45.1 Å². The highest BCUT2D eigenvalue weighted by Crippen LogP contribution is 2.27. The van der Waals surface area contributed by atoms with Crippen molar-refractivity contribution in [1.29, 1.82) is 0 Å². The summed E-state index contributed by atoms with van der Waals surface area (Å²) in [5.41, 5.74) is 7.95. The third-order valence-electron chi connectivity index (χ3n) is 4.74. The zero-order chi connectivity index (χ0) is 15.9. The van der Waals surface area contributed by atoms with Crippen LogP contribution < -0.4 is 10.6 Å². The van der Waals surface area contributed by atoms with Crippen LogP contribution in [-0.4, -0.2) is 27.9 Å². The minimum Gasteiger partial charge on any atom is -0.399 e. The third kappa shape index (κ3) is 4.71. The maximum atomic E-state index is 5.84. The number of hydrogen-bond acceptors (Lipinski definition) is 4. The maximum Gasteiger partial charge on any atom is 0.137 e. The predicted octanol–water partition coefficient (Wildman–Crippen LogP) is 3.34. The van der Waals surface area contributed by atoms with E-state index in [1.165, 1.54) is 37.8 Å². The molecule has 1 fully saturated rings. The van der Waals surface area contributed by atoms with E-state index in [0.29, 0.717) is 0 Å². The Kier molecular flexibility index (Phi) is 5.51. The first-order chi connectivity index (χ1) is 11.3. The van der Waals surface area contributed by atoms with Gasteiger partial charge in [-0.2, -0.15) is 5.10 Å². The highest BCUT2D eigenvalue weighted by atomic mass is 15.3. The van der Waals surface area contributed by atoms with E-state index in [0.717, 1.165) is 37.7 Å². The van der Waals surface area contributed by atoms with E-state index in [9.17, 15) is 0 Å². The molecule has 1 aromatic carbocycles. The first kappa shape index (κ1) is 15.8. The molecule has 0 bridgehead atoms. The number of aromatic nitrogens is 3. The standard InChI is InChI=1S/C18H27N5/c19-17-7-9-18(10-8-17)22(13-16-5-2-1-3-6-16)11-4-12-23-15-20-14-21-23/h7-10,14-16H,1-6,11-13,19H2. The lowest BCUT2D eigenvalue weighted by Gasteiger charge is -2.31. The van der Waals surface area contributed by atoms with E-state index in [1.807, 2.05) is 16.8 Å². The van der Waals surface area contributed by atoms with Crippen molar-refractivity contribution >= 4 is 11.4 Å². The summed E-state index contributed by atoms with van der Waals surface area (Å²) in [6.07, 6.45) is 11.4. The van der Waals surface area contributed by atoms with Gasteiger partial charge in [0.25, 0.3) is 0 Å². The Balaban J connectivity index is 1.60. The number of nitrogens with zero attached hydrogens (tertiary/aromatic N) is 4. The second-order valence-electron chi connectivity index (χ2n) is 6.55. The van der Waals surface area contributed by atoms with Crippen LogP contribution in [0.1, 0.15) is 38.5 Å². The largest absolute Gasteiger partial charge is 0.399 e. The lowest BCUT2D eigenvalue weighted by atomic mass is 9.89. The van der Waals surface area contributed by atoms with Gasteiger partial charge in [-0.3, -0.25) is 4.68 Å². The minimum absolute atomic E-state index is 0.827. The zero-order valence-electron chi connectivity index (χ0n) is 13.8. The average molecular weight is 313 g/mol. The minimum atomic E-state index is 0.827. The molecule has 1 aliphatic carbocycles. The molecule has 2 aromatic rings. The average Bonchev–Trinajstić information content (AvgIpc) is 3.09. The van der Waals surface area contributed by atoms with Crippen molar-refractivity contribution in [3.05, 3.63) is 36.9 Å². The number of aryl methyl sites for hydroxylation is 1. The molecule has 0 spiro atoms. The molecular weight excluding hydrogens is 286 g/mol. The van der Waals surface area contributed by atoms with Gasteiger partial charge in [-0.1, -0.05) is 19.3 Å². The molecule has 2 N–H and O–H groups in total. The van der Waals surface area contributed by atoms with Crippen LogP contribution in [0.5, 0.6) is 0 Å². The number of nitrogens with two attached hydrogens (primary N) is 1. The van der Waals surface area contributed by atoms with Crippen LogP contribution >= 0.6 is 0 Å². The van der Waals surface area contributed by atoms with E-state index in [2.05, 4.69) is 27.1 Å². The van der Waals surface area contributed by atoms with Crippen LogP contribution in [0, 0.1) is 5.92 Å². The van der Waals surface area contributed by atoms with Crippen LogP contribution in [0.25, 0.3) is 0 Å². The molecule has 0 atom stereocenters. The fraction of sp³-hybridized carbons (Fsp3) is 0.556. The van der Waals surface area contributed by atoms with Crippen LogP contribution in [0.3, 0.4) is 0 Å². The second-order valence-corrected chi connectivity index (χ2v) is 6.55. The molecule has 1 heterocycles. The number of anilines is 2. The van der Waals surface area contributed by atoms with E-state index in [1.54, 1.807) is 12.7 Å². The van der Waals surface area contributed by atoms with Gasteiger partial charge in [0.05, 0.1) is 0 Å². The van der Waals surface area contributed by atoms with Gasteiger partial charge in [-0.25, -0.2) is 4.98 Å². The van der Waals surface area contributed by atoms with Crippen LogP contribution in [0.4, 0.5) is 11.4 Å². The summed E-state index contributed by atoms with van der Waals surface area (Å²) in [5.74, 6) is 0.827. The molecule has 1 aliphatic rings. The number of hydrogen-bond donors (Lipinski definition) is 1. The van der Waals surface area contributed by atoms with Crippen LogP contribution in [0.15, 0.2) is 36.9 Å². The van der Waals surface area contributed by atoms with Gasteiger partial charge < -0.3 is 10.6 Å². The van der Waals surface area contributed by atoms with E-state index in [-0.39, 0.29) is 0 Å². The highest BCUT2D eigenvalue weighted by Gasteiger charge is 2.17. The van der Waals surface area contributed by atoms with Crippen LogP contribution in [0.2, 0.25) is 0 Å². The quantitative estimate of drug-likeness (QED) is 0.796. The van der Waals surface area contributed by atoms with Gasteiger partial charge in [-0.15, -0.1) is 0 Å². The molecule has 0 amide bonds. The smallest absolute Gasteiger partial charge is 0.137 e. The van der Waals surface area contributed by atoms with Crippen molar-refractivity contribution in [3.63, 3.8) is 0 Å². The van der Waals surface area contributed by atoms with E-state index in [4.69, 9.17) is 5.73 Å². The van der Waals surface area contributed by atoms with Gasteiger partial charge in [0.15, 0.2) is 0 Å². The lowest BCUT2D eigenvalue weighted by molar-refractivity contribution is 0.356.